The zero-order chi connectivity index (χ0) is 12.7. The van der Waals surface area contributed by atoms with Crippen LogP contribution in [0.2, 0.25) is 5.15 Å². The summed E-state index contributed by atoms with van der Waals surface area (Å²) in [7, 11) is 0. The van der Waals surface area contributed by atoms with Gasteiger partial charge in [-0.25, -0.2) is 9.97 Å². The molecule has 0 aromatic carbocycles. The molecule has 0 fully saturated rings. The van der Waals surface area contributed by atoms with E-state index in [1.165, 1.54) is 6.33 Å². The zero-order valence-electron chi connectivity index (χ0n) is 9.65. The number of nitro groups is 1. The topological polar surface area (TPSA) is 81.0 Å². The van der Waals surface area contributed by atoms with Gasteiger partial charge in [-0.3, -0.25) is 10.1 Å². The van der Waals surface area contributed by atoms with Crippen LogP contribution >= 0.6 is 11.6 Å². The molecule has 1 rings (SSSR count). The molecule has 0 spiro atoms. The highest BCUT2D eigenvalue weighted by molar-refractivity contribution is 6.31. The molecule has 0 atom stereocenters. The smallest absolute Gasteiger partial charge is 0.348 e. The van der Waals surface area contributed by atoms with Gasteiger partial charge in [0.2, 0.25) is 11.0 Å². The van der Waals surface area contributed by atoms with Crippen molar-refractivity contribution in [1.82, 2.24) is 9.97 Å². The normalized spacial score (nSPS) is 10.2. The molecule has 0 aliphatic heterocycles. The average molecular weight is 259 g/mol. The Morgan fingerprint density at radius 1 is 1.41 bits per heavy atom. The Morgan fingerprint density at radius 2 is 2.18 bits per heavy atom. The van der Waals surface area contributed by atoms with Crippen LogP contribution in [0.15, 0.2) is 6.33 Å². The molecule has 0 saturated heterocycles. The second-order valence-corrected chi connectivity index (χ2v) is 3.96. The minimum absolute atomic E-state index is 0.138. The molecular weight excluding hydrogens is 244 g/mol. The van der Waals surface area contributed by atoms with Crippen LogP contribution in [0.1, 0.15) is 32.6 Å². The van der Waals surface area contributed by atoms with Crippen LogP contribution in [-0.2, 0) is 0 Å². The number of anilines is 1. The first-order chi connectivity index (χ1) is 8.16. The van der Waals surface area contributed by atoms with Gasteiger partial charge in [0, 0.05) is 6.54 Å². The van der Waals surface area contributed by atoms with Crippen LogP contribution < -0.4 is 5.32 Å². The van der Waals surface area contributed by atoms with Gasteiger partial charge in [0.1, 0.15) is 6.33 Å². The molecule has 17 heavy (non-hydrogen) atoms. The average Bonchev–Trinajstić information content (AvgIpc) is 2.28. The van der Waals surface area contributed by atoms with Crippen molar-refractivity contribution < 1.29 is 4.92 Å². The number of hydrogen-bond acceptors (Lipinski definition) is 5. The highest BCUT2D eigenvalue weighted by Crippen LogP contribution is 2.28. The van der Waals surface area contributed by atoms with Gasteiger partial charge in [-0.2, -0.15) is 0 Å². The van der Waals surface area contributed by atoms with Gasteiger partial charge in [0.25, 0.3) is 0 Å². The quantitative estimate of drug-likeness (QED) is 0.352. The second-order valence-electron chi connectivity index (χ2n) is 3.61. The lowest BCUT2D eigenvalue weighted by atomic mass is 10.2. The van der Waals surface area contributed by atoms with Crippen molar-refractivity contribution >= 4 is 23.1 Å². The first-order valence-corrected chi connectivity index (χ1v) is 5.93. The summed E-state index contributed by atoms with van der Waals surface area (Å²) in [5.74, 6) is 0.187. The maximum absolute atomic E-state index is 10.8. The maximum atomic E-state index is 10.8. The van der Waals surface area contributed by atoms with Gasteiger partial charge in [-0.15, -0.1) is 0 Å². The number of rotatable bonds is 7. The molecule has 94 valence electrons. The van der Waals surface area contributed by atoms with Crippen LogP contribution in [0.3, 0.4) is 0 Å². The summed E-state index contributed by atoms with van der Waals surface area (Å²) in [6.45, 7) is 2.77. The fourth-order valence-corrected chi connectivity index (χ4v) is 1.61. The van der Waals surface area contributed by atoms with Crippen molar-refractivity contribution in [2.45, 2.75) is 32.6 Å². The van der Waals surface area contributed by atoms with E-state index >= 15 is 0 Å². The number of hydrogen-bond donors (Lipinski definition) is 1. The van der Waals surface area contributed by atoms with Gasteiger partial charge < -0.3 is 5.32 Å². The predicted molar refractivity (Wildman–Crippen MR) is 66.3 cm³/mol. The molecular formula is C10H15ClN4O2. The Labute approximate surface area is 105 Å². The Bertz CT molecular complexity index is 387. The lowest BCUT2D eigenvalue weighted by molar-refractivity contribution is -0.384. The minimum Gasteiger partial charge on any atom is -0.364 e. The van der Waals surface area contributed by atoms with Crippen LogP contribution in [-0.4, -0.2) is 21.4 Å². The van der Waals surface area contributed by atoms with Crippen molar-refractivity contribution in [3.8, 4) is 0 Å². The van der Waals surface area contributed by atoms with Gasteiger partial charge >= 0.3 is 5.69 Å². The Balaban J connectivity index is 2.58. The molecule has 1 heterocycles. The molecule has 1 N–H and O–H groups in total. The monoisotopic (exact) mass is 258 g/mol. The molecule has 1 aromatic heterocycles. The summed E-state index contributed by atoms with van der Waals surface area (Å²) in [4.78, 5) is 17.6. The van der Waals surface area contributed by atoms with E-state index in [1.807, 2.05) is 0 Å². The van der Waals surface area contributed by atoms with Gasteiger partial charge in [-0.1, -0.05) is 37.8 Å². The SMILES string of the molecule is CCCCCCNc1ncnc(Cl)c1[N+](=O)[O-]. The molecule has 7 heteroatoms. The van der Waals surface area contributed by atoms with Gasteiger partial charge in [0.15, 0.2) is 0 Å². The van der Waals surface area contributed by atoms with E-state index < -0.39 is 4.92 Å². The second kappa shape index (κ2) is 7.01. The van der Waals surface area contributed by atoms with E-state index in [4.69, 9.17) is 11.6 Å². The highest BCUT2D eigenvalue weighted by Gasteiger charge is 2.20. The van der Waals surface area contributed by atoms with Crippen molar-refractivity contribution in [3.63, 3.8) is 0 Å². The van der Waals surface area contributed by atoms with E-state index in [2.05, 4.69) is 22.2 Å². The van der Waals surface area contributed by atoms with Gasteiger partial charge in [-0.05, 0) is 6.42 Å². The van der Waals surface area contributed by atoms with E-state index in [9.17, 15) is 10.1 Å². The van der Waals surface area contributed by atoms with Crippen LogP contribution in [0, 0.1) is 10.1 Å². The van der Waals surface area contributed by atoms with E-state index in [1.54, 1.807) is 0 Å². The van der Waals surface area contributed by atoms with E-state index in [0.717, 1.165) is 25.7 Å². The number of nitrogens with zero attached hydrogens (tertiary/aromatic N) is 3. The molecule has 0 aliphatic rings. The van der Waals surface area contributed by atoms with Crippen molar-refractivity contribution in [1.29, 1.82) is 0 Å². The molecule has 0 saturated carbocycles. The molecule has 0 amide bonds. The Morgan fingerprint density at radius 3 is 2.82 bits per heavy atom. The molecule has 0 radical (unpaired) electrons. The third kappa shape index (κ3) is 4.14. The lowest BCUT2D eigenvalue weighted by Crippen LogP contribution is -2.07. The van der Waals surface area contributed by atoms with Crippen LogP contribution in [0.5, 0.6) is 0 Å². The van der Waals surface area contributed by atoms with Crippen LogP contribution in [0.4, 0.5) is 11.5 Å². The highest BCUT2D eigenvalue weighted by atomic mass is 35.5. The number of unbranched alkanes of at least 4 members (excludes halogenated alkanes) is 3. The fraction of sp³-hybridized carbons (Fsp3) is 0.600. The number of nitrogens with one attached hydrogen (secondary N) is 1. The largest absolute Gasteiger partial charge is 0.364 e. The van der Waals surface area contributed by atoms with E-state index in [-0.39, 0.29) is 16.7 Å². The molecule has 0 aliphatic carbocycles. The predicted octanol–water partition coefficient (Wildman–Crippen LogP) is 3.03. The summed E-state index contributed by atoms with van der Waals surface area (Å²) in [5.41, 5.74) is -0.260. The van der Waals surface area contributed by atoms with Crippen LogP contribution in [0.25, 0.3) is 0 Å². The minimum atomic E-state index is -0.573. The van der Waals surface area contributed by atoms with Gasteiger partial charge in [0.05, 0.1) is 4.92 Å². The standard InChI is InChI=1S/C10H15ClN4O2/c1-2-3-4-5-6-12-10-8(15(16)17)9(11)13-7-14-10/h7H,2-6H2,1H3,(H,12,13,14). The van der Waals surface area contributed by atoms with Crippen molar-refractivity contribution in [2.75, 3.05) is 11.9 Å². The third-order valence-corrected chi connectivity index (χ3v) is 2.56. The fourth-order valence-electron chi connectivity index (χ4n) is 1.41. The zero-order valence-corrected chi connectivity index (χ0v) is 10.4. The number of halogens is 1. The van der Waals surface area contributed by atoms with Crippen molar-refractivity contribution in [3.05, 3.63) is 21.6 Å². The summed E-state index contributed by atoms with van der Waals surface area (Å²) >= 11 is 5.65. The molecule has 1 aromatic rings. The maximum Gasteiger partial charge on any atom is 0.348 e. The summed E-state index contributed by atoms with van der Waals surface area (Å²) in [6.07, 6.45) is 5.57. The number of aromatic nitrogens is 2. The Kier molecular flexibility index (Phi) is 5.62. The van der Waals surface area contributed by atoms with Crippen molar-refractivity contribution in [2.24, 2.45) is 0 Å². The third-order valence-electron chi connectivity index (χ3n) is 2.28. The first kappa shape index (κ1) is 13.6. The molecule has 6 nitrogen and oxygen atoms in total. The lowest BCUT2D eigenvalue weighted by Gasteiger charge is -2.05. The first-order valence-electron chi connectivity index (χ1n) is 5.55. The van der Waals surface area contributed by atoms with E-state index in [0.29, 0.717) is 6.54 Å². The summed E-state index contributed by atoms with van der Waals surface area (Å²) in [5, 5.41) is 13.6. The summed E-state index contributed by atoms with van der Waals surface area (Å²) in [6, 6.07) is 0. The molecule has 0 unspecified atom stereocenters. The Hall–Kier alpha value is -1.43. The molecule has 0 bridgehead atoms. The summed E-state index contributed by atoms with van der Waals surface area (Å²) < 4.78 is 0.